The van der Waals surface area contributed by atoms with Gasteiger partial charge < -0.3 is 14.6 Å². The van der Waals surface area contributed by atoms with Crippen molar-refractivity contribution in [1.29, 1.82) is 0 Å². The summed E-state index contributed by atoms with van der Waals surface area (Å²) < 4.78 is 48.4. The second-order valence-electron chi connectivity index (χ2n) is 5.50. The monoisotopic (exact) mass is 375 g/mol. The Hall–Kier alpha value is -2.48. The number of ether oxygens (including phenoxy) is 2. The molecule has 0 saturated heterocycles. The fraction of sp³-hybridized carbons (Fsp3) is 0.250. The molecule has 1 N–H and O–H groups in total. The van der Waals surface area contributed by atoms with E-state index in [9.17, 15) is 18.0 Å². The van der Waals surface area contributed by atoms with Crippen LogP contribution in [0.4, 0.5) is 13.2 Å². The Morgan fingerprint density at radius 2 is 1.72 bits per heavy atom. The largest absolute Gasteiger partial charge is 0.478 e. The van der Waals surface area contributed by atoms with Crippen LogP contribution in [0.15, 0.2) is 36.5 Å². The molecule has 1 aromatic carbocycles. The highest BCUT2D eigenvalue weighted by molar-refractivity contribution is 6.31. The molecular formula is C16H13ClF3NO4. The first kappa shape index (κ1) is 18.9. The number of carboxylic acid groups (broad SMARTS) is 1. The molecule has 0 amide bonds. The van der Waals surface area contributed by atoms with E-state index in [1.165, 1.54) is 38.1 Å². The van der Waals surface area contributed by atoms with Crippen LogP contribution in [-0.4, -0.2) is 21.7 Å². The van der Waals surface area contributed by atoms with E-state index < -0.39 is 23.3 Å². The number of nitrogens with zero attached hydrogens (tertiary/aromatic N) is 1. The van der Waals surface area contributed by atoms with Crippen LogP contribution in [0, 0.1) is 0 Å². The van der Waals surface area contributed by atoms with Gasteiger partial charge in [-0.05, 0) is 44.2 Å². The van der Waals surface area contributed by atoms with Crippen LogP contribution >= 0.6 is 11.6 Å². The van der Waals surface area contributed by atoms with E-state index in [0.29, 0.717) is 6.20 Å². The second kappa shape index (κ2) is 6.79. The standard InChI is InChI=1S/C16H13ClF3NO4/c1-15(2,14(22)23)25-11-5-3-10(4-6-11)24-13-12(17)7-9(8-21-13)16(18,19)20/h3-8H,1-2H3,(H,22,23). The van der Waals surface area contributed by atoms with Gasteiger partial charge in [0.25, 0.3) is 0 Å². The summed E-state index contributed by atoms with van der Waals surface area (Å²) in [4.78, 5) is 14.6. The number of alkyl halides is 3. The second-order valence-corrected chi connectivity index (χ2v) is 5.91. The predicted molar refractivity (Wildman–Crippen MR) is 83.1 cm³/mol. The van der Waals surface area contributed by atoms with E-state index in [-0.39, 0.29) is 22.4 Å². The van der Waals surface area contributed by atoms with Gasteiger partial charge in [0.05, 0.1) is 5.56 Å². The van der Waals surface area contributed by atoms with Crippen molar-refractivity contribution in [3.63, 3.8) is 0 Å². The minimum Gasteiger partial charge on any atom is -0.478 e. The average molecular weight is 376 g/mol. The Morgan fingerprint density at radius 3 is 2.20 bits per heavy atom. The molecule has 1 heterocycles. The molecule has 0 atom stereocenters. The summed E-state index contributed by atoms with van der Waals surface area (Å²) in [7, 11) is 0. The van der Waals surface area contributed by atoms with Gasteiger partial charge in [0, 0.05) is 6.20 Å². The molecule has 0 aliphatic heterocycles. The van der Waals surface area contributed by atoms with Crippen LogP contribution in [0.25, 0.3) is 0 Å². The first-order chi connectivity index (χ1) is 11.5. The summed E-state index contributed by atoms with van der Waals surface area (Å²) in [6.07, 6.45) is -3.93. The molecule has 0 aliphatic rings. The maximum absolute atomic E-state index is 12.6. The molecule has 25 heavy (non-hydrogen) atoms. The van der Waals surface area contributed by atoms with Gasteiger partial charge in [-0.15, -0.1) is 0 Å². The normalized spacial score (nSPS) is 11.9. The fourth-order valence-corrected chi connectivity index (χ4v) is 1.89. The van der Waals surface area contributed by atoms with Crippen molar-refractivity contribution in [2.45, 2.75) is 25.6 Å². The molecule has 0 fully saturated rings. The summed E-state index contributed by atoms with van der Waals surface area (Å²) in [5, 5.41) is 8.72. The van der Waals surface area contributed by atoms with E-state index in [1.807, 2.05) is 0 Å². The Bertz CT molecular complexity index is 776. The summed E-state index contributed by atoms with van der Waals surface area (Å²) in [6, 6.07) is 6.53. The zero-order valence-electron chi connectivity index (χ0n) is 13.1. The van der Waals surface area contributed by atoms with Gasteiger partial charge in [-0.1, -0.05) is 11.6 Å². The number of aliphatic carboxylic acids is 1. The van der Waals surface area contributed by atoms with Gasteiger partial charge in [0.15, 0.2) is 5.60 Å². The zero-order valence-corrected chi connectivity index (χ0v) is 13.9. The molecule has 1 aromatic heterocycles. The predicted octanol–water partition coefficient (Wildman–Crippen LogP) is 4.79. The summed E-state index contributed by atoms with van der Waals surface area (Å²) in [6.45, 7) is 2.79. The van der Waals surface area contributed by atoms with Gasteiger partial charge in [0.2, 0.25) is 5.88 Å². The number of halogens is 4. The highest BCUT2D eigenvalue weighted by atomic mass is 35.5. The molecule has 9 heteroatoms. The molecule has 2 rings (SSSR count). The summed E-state index contributed by atoms with van der Waals surface area (Å²) in [5.41, 5.74) is -2.40. The van der Waals surface area contributed by atoms with Crippen molar-refractivity contribution in [3.8, 4) is 17.4 Å². The van der Waals surface area contributed by atoms with E-state index in [1.54, 1.807) is 0 Å². The summed E-state index contributed by atoms with van der Waals surface area (Å²) >= 11 is 5.76. The van der Waals surface area contributed by atoms with E-state index in [2.05, 4.69) is 4.98 Å². The van der Waals surface area contributed by atoms with Gasteiger partial charge in [-0.2, -0.15) is 13.2 Å². The molecule has 0 saturated carbocycles. The van der Waals surface area contributed by atoms with Gasteiger partial charge in [-0.3, -0.25) is 0 Å². The smallest absolute Gasteiger partial charge is 0.417 e. The van der Waals surface area contributed by atoms with Gasteiger partial charge in [-0.25, -0.2) is 9.78 Å². The Labute approximate surface area is 146 Å². The third-order valence-electron chi connectivity index (χ3n) is 3.06. The Kier molecular flexibility index (Phi) is 5.12. The molecule has 134 valence electrons. The third kappa shape index (κ3) is 4.76. The molecule has 0 radical (unpaired) electrons. The molecule has 0 aliphatic carbocycles. The molecule has 0 unspecified atom stereocenters. The van der Waals surface area contributed by atoms with Gasteiger partial charge in [0.1, 0.15) is 16.5 Å². The van der Waals surface area contributed by atoms with Crippen LogP contribution in [0.5, 0.6) is 17.4 Å². The zero-order chi connectivity index (χ0) is 18.8. The van der Waals surface area contributed by atoms with Crippen LogP contribution in [0.1, 0.15) is 19.4 Å². The number of pyridine rings is 1. The van der Waals surface area contributed by atoms with Crippen molar-refractivity contribution in [2.75, 3.05) is 0 Å². The van der Waals surface area contributed by atoms with Crippen molar-refractivity contribution in [1.82, 2.24) is 4.98 Å². The molecule has 0 spiro atoms. The van der Waals surface area contributed by atoms with E-state index >= 15 is 0 Å². The van der Waals surface area contributed by atoms with Crippen molar-refractivity contribution in [2.24, 2.45) is 0 Å². The maximum atomic E-state index is 12.6. The quantitative estimate of drug-likeness (QED) is 0.813. The van der Waals surface area contributed by atoms with E-state index in [4.69, 9.17) is 26.2 Å². The van der Waals surface area contributed by atoms with Crippen molar-refractivity contribution >= 4 is 17.6 Å². The lowest BCUT2D eigenvalue weighted by Gasteiger charge is -2.21. The van der Waals surface area contributed by atoms with Crippen LogP contribution in [0.3, 0.4) is 0 Å². The van der Waals surface area contributed by atoms with Crippen molar-refractivity contribution in [3.05, 3.63) is 47.1 Å². The van der Waals surface area contributed by atoms with Gasteiger partial charge >= 0.3 is 12.1 Å². The minimum atomic E-state index is -4.55. The number of carbonyl (C=O) groups is 1. The first-order valence-corrected chi connectivity index (χ1v) is 7.30. The lowest BCUT2D eigenvalue weighted by molar-refractivity contribution is -0.152. The molecule has 5 nitrogen and oxygen atoms in total. The Morgan fingerprint density at radius 1 is 1.16 bits per heavy atom. The molecule has 2 aromatic rings. The highest BCUT2D eigenvalue weighted by Crippen LogP contribution is 2.35. The van der Waals surface area contributed by atoms with Crippen LogP contribution < -0.4 is 9.47 Å². The minimum absolute atomic E-state index is 0.186. The van der Waals surface area contributed by atoms with Crippen LogP contribution in [-0.2, 0) is 11.0 Å². The lowest BCUT2D eigenvalue weighted by Crippen LogP contribution is -2.37. The highest BCUT2D eigenvalue weighted by Gasteiger charge is 2.32. The lowest BCUT2D eigenvalue weighted by atomic mass is 10.1. The topological polar surface area (TPSA) is 68.7 Å². The van der Waals surface area contributed by atoms with Crippen LogP contribution in [0.2, 0.25) is 5.02 Å². The van der Waals surface area contributed by atoms with Crippen molar-refractivity contribution < 1.29 is 32.5 Å². The third-order valence-corrected chi connectivity index (χ3v) is 3.33. The SMILES string of the molecule is CC(C)(Oc1ccc(Oc2ncc(C(F)(F)F)cc2Cl)cc1)C(=O)O. The fourth-order valence-electron chi connectivity index (χ4n) is 1.68. The number of benzene rings is 1. The number of hydrogen-bond donors (Lipinski definition) is 1. The van der Waals surface area contributed by atoms with E-state index in [0.717, 1.165) is 6.07 Å². The number of rotatable bonds is 5. The Balaban J connectivity index is 2.13. The molecular weight excluding hydrogens is 363 g/mol. The molecule has 0 bridgehead atoms. The number of aromatic nitrogens is 1. The number of carboxylic acids is 1. The average Bonchev–Trinajstić information content (AvgIpc) is 2.49. The number of hydrogen-bond acceptors (Lipinski definition) is 4. The first-order valence-electron chi connectivity index (χ1n) is 6.92. The summed E-state index contributed by atoms with van der Waals surface area (Å²) in [5.74, 6) is -0.788. The maximum Gasteiger partial charge on any atom is 0.417 e.